The maximum atomic E-state index is 5.84. The van der Waals surface area contributed by atoms with Crippen molar-refractivity contribution in [2.75, 3.05) is 20.8 Å². The minimum atomic E-state index is 0.654. The smallest absolute Gasteiger partial charge is 0.161 e. The zero-order valence-electron chi connectivity index (χ0n) is 15.5. The minimum absolute atomic E-state index is 0.654. The summed E-state index contributed by atoms with van der Waals surface area (Å²) in [4.78, 5) is 0. The molecule has 0 spiro atoms. The molecule has 0 atom stereocenters. The molecule has 4 heteroatoms. The largest absolute Gasteiger partial charge is 0.494 e. The molecule has 3 rings (SSSR count). The van der Waals surface area contributed by atoms with Crippen molar-refractivity contribution in [2.45, 2.75) is 20.0 Å². The second kappa shape index (κ2) is 8.59. The molecule has 136 valence electrons. The van der Waals surface area contributed by atoms with Gasteiger partial charge in [-0.15, -0.1) is 0 Å². The summed E-state index contributed by atoms with van der Waals surface area (Å²) < 4.78 is 16.5. The lowest BCUT2D eigenvalue weighted by Gasteiger charge is -2.15. The Morgan fingerprint density at radius 1 is 0.808 bits per heavy atom. The van der Waals surface area contributed by atoms with Crippen LogP contribution in [-0.4, -0.2) is 20.8 Å². The molecule has 3 aromatic carbocycles. The third-order valence-electron chi connectivity index (χ3n) is 4.38. The molecule has 0 radical (unpaired) electrons. The number of nitrogens with one attached hydrogen (secondary N) is 1. The Balaban J connectivity index is 1.78. The normalized spacial score (nSPS) is 10.7. The summed E-state index contributed by atoms with van der Waals surface area (Å²) >= 11 is 0. The molecular weight excluding hydrogens is 326 g/mol. The fourth-order valence-corrected chi connectivity index (χ4v) is 3.11. The van der Waals surface area contributed by atoms with E-state index in [1.54, 1.807) is 14.2 Å². The fourth-order valence-electron chi connectivity index (χ4n) is 3.11. The van der Waals surface area contributed by atoms with Crippen LogP contribution in [0.4, 0.5) is 0 Å². The van der Waals surface area contributed by atoms with Gasteiger partial charge in [0.15, 0.2) is 11.5 Å². The highest BCUT2D eigenvalue weighted by Gasteiger charge is 2.09. The van der Waals surface area contributed by atoms with Crippen LogP contribution < -0.4 is 19.5 Å². The van der Waals surface area contributed by atoms with E-state index in [0.717, 1.165) is 35.9 Å². The van der Waals surface area contributed by atoms with Crippen LogP contribution in [0.5, 0.6) is 17.2 Å². The quantitative estimate of drug-likeness (QED) is 0.646. The van der Waals surface area contributed by atoms with Gasteiger partial charge in [-0.25, -0.2) is 0 Å². The summed E-state index contributed by atoms with van der Waals surface area (Å²) in [6.45, 7) is 4.12. The van der Waals surface area contributed by atoms with Crippen LogP contribution in [0.25, 0.3) is 10.8 Å². The van der Waals surface area contributed by atoms with E-state index in [-0.39, 0.29) is 0 Å². The van der Waals surface area contributed by atoms with Crippen molar-refractivity contribution >= 4 is 10.8 Å². The van der Waals surface area contributed by atoms with E-state index in [0.29, 0.717) is 6.61 Å². The van der Waals surface area contributed by atoms with Gasteiger partial charge >= 0.3 is 0 Å². The number of fused-ring (bicyclic) bond motifs is 1. The Morgan fingerprint density at radius 3 is 2.35 bits per heavy atom. The first-order valence-electron chi connectivity index (χ1n) is 8.81. The van der Waals surface area contributed by atoms with Crippen LogP contribution >= 0.6 is 0 Å². The molecule has 26 heavy (non-hydrogen) atoms. The van der Waals surface area contributed by atoms with Gasteiger partial charge in [0.25, 0.3) is 0 Å². The summed E-state index contributed by atoms with van der Waals surface area (Å²) in [6, 6.07) is 18.5. The Hall–Kier alpha value is -2.72. The van der Waals surface area contributed by atoms with Crippen molar-refractivity contribution < 1.29 is 14.2 Å². The zero-order valence-corrected chi connectivity index (χ0v) is 15.5. The molecule has 0 fully saturated rings. The molecule has 4 nitrogen and oxygen atoms in total. The predicted molar refractivity (Wildman–Crippen MR) is 105 cm³/mol. The third-order valence-corrected chi connectivity index (χ3v) is 4.38. The van der Waals surface area contributed by atoms with E-state index in [1.165, 1.54) is 16.3 Å². The van der Waals surface area contributed by atoms with Crippen molar-refractivity contribution in [2.24, 2.45) is 0 Å². The number of hydrogen-bond donors (Lipinski definition) is 1. The minimum Gasteiger partial charge on any atom is -0.494 e. The van der Waals surface area contributed by atoms with E-state index in [9.17, 15) is 0 Å². The molecule has 0 aliphatic heterocycles. The van der Waals surface area contributed by atoms with Gasteiger partial charge in [0, 0.05) is 18.7 Å². The van der Waals surface area contributed by atoms with Gasteiger partial charge in [0.05, 0.1) is 20.8 Å². The van der Waals surface area contributed by atoms with Crippen LogP contribution in [0.1, 0.15) is 18.1 Å². The fraction of sp³-hybridized carbons (Fsp3) is 0.273. The van der Waals surface area contributed by atoms with E-state index >= 15 is 0 Å². The van der Waals surface area contributed by atoms with E-state index in [4.69, 9.17) is 14.2 Å². The molecule has 0 aliphatic carbocycles. The van der Waals surface area contributed by atoms with Gasteiger partial charge in [0.1, 0.15) is 5.75 Å². The average Bonchev–Trinajstić information content (AvgIpc) is 2.69. The molecule has 0 amide bonds. The Bertz CT molecular complexity index is 876. The first kappa shape index (κ1) is 18.1. The summed E-state index contributed by atoms with van der Waals surface area (Å²) in [5.74, 6) is 2.42. The van der Waals surface area contributed by atoms with Gasteiger partial charge in [-0.3, -0.25) is 0 Å². The second-order valence-corrected chi connectivity index (χ2v) is 5.99. The topological polar surface area (TPSA) is 39.7 Å². The average molecular weight is 351 g/mol. The van der Waals surface area contributed by atoms with Crippen molar-refractivity contribution in [1.29, 1.82) is 0 Å². The van der Waals surface area contributed by atoms with Gasteiger partial charge in [-0.2, -0.15) is 0 Å². The first-order valence-corrected chi connectivity index (χ1v) is 8.81. The van der Waals surface area contributed by atoms with Gasteiger partial charge in [-0.1, -0.05) is 36.4 Å². The molecule has 0 unspecified atom stereocenters. The SMILES string of the molecule is CCOc1ccc2ccccc2c1CNCc1ccc(OC)c(OC)c1. The standard InChI is InChI=1S/C22H25NO3/c1-4-26-20-12-10-17-7-5-6-8-18(17)19(20)15-23-14-16-9-11-21(24-2)22(13-16)25-3/h5-13,23H,4,14-15H2,1-3H3. The molecule has 0 aliphatic rings. The molecule has 1 N–H and O–H groups in total. The molecule has 0 aromatic heterocycles. The van der Waals surface area contributed by atoms with Crippen molar-refractivity contribution in [3.63, 3.8) is 0 Å². The lowest BCUT2D eigenvalue weighted by Crippen LogP contribution is -2.14. The maximum absolute atomic E-state index is 5.84. The molecule has 0 saturated carbocycles. The van der Waals surface area contributed by atoms with Gasteiger partial charge in [-0.05, 0) is 41.5 Å². The van der Waals surface area contributed by atoms with Crippen LogP contribution in [0.15, 0.2) is 54.6 Å². The summed E-state index contributed by atoms with van der Waals surface area (Å²) in [5, 5.41) is 5.96. The number of benzene rings is 3. The summed E-state index contributed by atoms with van der Waals surface area (Å²) in [7, 11) is 3.30. The summed E-state index contributed by atoms with van der Waals surface area (Å²) in [5.41, 5.74) is 2.33. The van der Waals surface area contributed by atoms with Crippen LogP contribution in [0, 0.1) is 0 Å². The van der Waals surface area contributed by atoms with Gasteiger partial charge in [0.2, 0.25) is 0 Å². The number of rotatable bonds is 8. The van der Waals surface area contributed by atoms with Crippen LogP contribution in [-0.2, 0) is 13.1 Å². The Kier molecular flexibility index (Phi) is 5.97. The number of hydrogen-bond acceptors (Lipinski definition) is 4. The lowest BCUT2D eigenvalue weighted by molar-refractivity contribution is 0.336. The Morgan fingerprint density at radius 2 is 1.58 bits per heavy atom. The van der Waals surface area contributed by atoms with Crippen LogP contribution in [0.2, 0.25) is 0 Å². The lowest BCUT2D eigenvalue weighted by atomic mass is 10.0. The summed E-state index contributed by atoms with van der Waals surface area (Å²) in [6.07, 6.45) is 0. The molecular formula is C22H25NO3. The molecule has 0 bridgehead atoms. The van der Waals surface area contributed by atoms with Crippen molar-refractivity contribution in [3.05, 3.63) is 65.7 Å². The van der Waals surface area contributed by atoms with Gasteiger partial charge < -0.3 is 19.5 Å². The maximum Gasteiger partial charge on any atom is 0.161 e. The van der Waals surface area contributed by atoms with Crippen molar-refractivity contribution in [3.8, 4) is 17.2 Å². The van der Waals surface area contributed by atoms with E-state index < -0.39 is 0 Å². The predicted octanol–water partition coefficient (Wildman–Crippen LogP) is 4.55. The Labute approximate surface area is 154 Å². The highest BCUT2D eigenvalue weighted by atomic mass is 16.5. The highest BCUT2D eigenvalue weighted by molar-refractivity contribution is 5.87. The van der Waals surface area contributed by atoms with E-state index in [1.807, 2.05) is 25.1 Å². The monoisotopic (exact) mass is 351 g/mol. The zero-order chi connectivity index (χ0) is 18.4. The highest BCUT2D eigenvalue weighted by Crippen LogP contribution is 2.29. The third kappa shape index (κ3) is 3.92. The number of ether oxygens (including phenoxy) is 3. The number of methoxy groups -OCH3 is 2. The van der Waals surface area contributed by atoms with Crippen LogP contribution in [0.3, 0.4) is 0 Å². The van der Waals surface area contributed by atoms with E-state index in [2.05, 4.69) is 41.7 Å². The molecule has 3 aromatic rings. The molecule has 0 heterocycles. The second-order valence-electron chi connectivity index (χ2n) is 5.99. The molecule has 0 saturated heterocycles. The van der Waals surface area contributed by atoms with Crippen molar-refractivity contribution in [1.82, 2.24) is 5.32 Å². The first-order chi connectivity index (χ1) is 12.8.